The molecule has 1 aromatic carbocycles. The van der Waals surface area contributed by atoms with Gasteiger partial charge in [0.05, 0.1) is 0 Å². The number of hydrogen-bond donors (Lipinski definition) is 1. The van der Waals surface area contributed by atoms with Crippen molar-refractivity contribution in [2.45, 2.75) is 51.1 Å². The first-order valence-electron chi connectivity index (χ1n) is 7.71. The Labute approximate surface area is 132 Å². The lowest BCUT2D eigenvalue weighted by atomic mass is 9.86. The predicted molar refractivity (Wildman–Crippen MR) is 90.2 cm³/mol. The van der Waals surface area contributed by atoms with Gasteiger partial charge in [-0.15, -0.1) is 0 Å². The Morgan fingerprint density at radius 3 is 2.55 bits per heavy atom. The lowest BCUT2D eigenvalue weighted by molar-refractivity contribution is 0.0635. The number of piperidine rings is 1. The van der Waals surface area contributed by atoms with E-state index in [0.29, 0.717) is 6.04 Å². The highest BCUT2D eigenvalue weighted by Crippen LogP contribution is 2.26. The lowest BCUT2D eigenvalue weighted by Crippen LogP contribution is -2.59. The molecule has 112 valence electrons. The standard InChI is InChI=1S/C17H27BrN2/c1-17(2,20-10-5-4-6-11-20)16(19-3)13-14-8-7-9-15(18)12-14/h7-9,12,16,19H,4-6,10-11,13H2,1-3H3. The van der Waals surface area contributed by atoms with Gasteiger partial charge >= 0.3 is 0 Å². The molecule has 1 atom stereocenters. The van der Waals surface area contributed by atoms with Crippen LogP contribution in [0.4, 0.5) is 0 Å². The molecule has 1 fully saturated rings. The van der Waals surface area contributed by atoms with E-state index in [1.54, 1.807) is 0 Å². The van der Waals surface area contributed by atoms with E-state index in [1.807, 2.05) is 0 Å². The fourth-order valence-corrected chi connectivity index (χ4v) is 3.74. The quantitative estimate of drug-likeness (QED) is 0.877. The summed E-state index contributed by atoms with van der Waals surface area (Å²) in [4.78, 5) is 2.66. The van der Waals surface area contributed by atoms with Crippen LogP contribution in [0.1, 0.15) is 38.7 Å². The summed E-state index contributed by atoms with van der Waals surface area (Å²) in [6.07, 6.45) is 5.15. The van der Waals surface area contributed by atoms with E-state index in [0.717, 1.165) is 6.42 Å². The van der Waals surface area contributed by atoms with Crippen molar-refractivity contribution in [1.29, 1.82) is 0 Å². The molecular weight excluding hydrogens is 312 g/mol. The summed E-state index contributed by atoms with van der Waals surface area (Å²) in [5, 5.41) is 3.55. The van der Waals surface area contributed by atoms with Gasteiger partial charge in [-0.3, -0.25) is 4.90 Å². The molecule has 0 saturated carbocycles. The fourth-order valence-electron chi connectivity index (χ4n) is 3.30. The average Bonchev–Trinajstić information content (AvgIpc) is 2.45. The van der Waals surface area contributed by atoms with Crippen LogP contribution in [0, 0.1) is 0 Å². The molecule has 20 heavy (non-hydrogen) atoms. The largest absolute Gasteiger partial charge is 0.315 e. The Hall–Kier alpha value is -0.380. The van der Waals surface area contributed by atoms with E-state index in [2.05, 4.69) is 71.3 Å². The third kappa shape index (κ3) is 3.84. The Morgan fingerprint density at radius 2 is 1.95 bits per heavy atom. The molecule has 0 spiro atoms. The van der Waals surface area contributed by atoms with Crippen LogP contribution in [0.2, 0.25) is 0 Å². The number of rotatable bonds is 5. The van der Waals surface area contributed by atoms with E-state index < -0.39 is 0 Å². The molecule has 1 aromatic rings. The van der Waals surface area contributed by atoms with E-state index in [1.165, 1.54) is 42.4 Å². The second-order valence-corrected chi connectivity index (χ2v) is 7.29. The molecule has 2 rings (SSSR count). The van der Waals surface area contributed by atoms with Gasteiger partial charge in [-0.25, -0.2) is 0 Å². The van der Waals surface area contributed by atoms with E-state index in [9.17, 15) is 0 Å². The van der Waals surface area contributed by atoms with E-state index >= 15 is 0 Å². The zero-order chi connectivity index (χ0) is 14.6. The van der Waals surface area contributed by atoms with Crippen LogP contribution in [0.3, 0.4) is 0 Å². The number of benzene rings is 1. The van der Waals surface area contributed by atoms with Gasteiger partial charge in [-0.05, 0) is 70.9 Å². The van der Waals surface area contributed by atoms with Gasteiger partial charge in [0.1, 0.15) is 0 Å². The minimum Gasteiger partial charge on any atom is -0.315 e. The maximum Gasteiger partial charge on any atom is 0.0309 e. The first-order valence-corrected chi connectivity index (χ1v) is 8.50. The van der Waals surface area contributed by atoms with Crippen molar-refractivity contribution in [3.63, 3.8) is 0 Å². The third-order valence-electron chi connectivity index (χ3n) is 4.70. The smallest absolute Gasteiger partial charge is 0.0309 e. The van der Waals surface area contributed by atoms with E-state index in [-0.39, 0.29) is 5.54 Å². The molecule has 0 aliphatic carbocycles. The molecule has 1 aliphatic heterocycles. The summed E-state index contributed by atoms with van der Waals surface area (Å²) >= 11 is 3.57. The first-order chi connectivity index (χ1) is 9.54. The van der Waals surface area contributed by atoms with Crippen molar-refractivity contribution >= 4 is 15.9 Å². The average molecular weight is 339 g/mol. The molecule has 1 saturated heterocycles. The second kappa shape index (κ2) is 7.06. The van der Waals surface area contributed by atoms with Crippen LogP contribution in [-0.2, 0) is 6.42 Å². The van der Waals surface area contributed by atoms with Crippen molar-refractivity contribution in [2.75, 3.05) is 20.1 Å². The van der Waals surface area contributed by atoms with Crippen molar-refractivity contribution < 1.29 is 0 Å². The van der Waals surface area contributed by atoms with Crippen LogP contribution in [-0.4, -0.2) is 36.6 Å². The summed E-state index contributed by atoms with van der Waals surface area (Å²) in [5.74, 6) is 0. The van der Waals surface area contributed by atoms with Gasteiger partial charge in [-0.1, -0.05) is 34.5 Å². The zero-order valence-corrected chi connectivity index (χ0v) is 14.5. The SMILES string of the molecule is CNC(Cc1cccc(Br)c1)C(C)(C)N1CCCCC1. The van der Waals surface area contributed by atoms with Crippen molar-refractivity contribution in [3.05, 3.63) is 34.3 Å². The lowest BCUT2D eigenvalue weighted by Gasteiger charge is -2.46. The number of nitrogens with zero attached hydrogens (tertiary/aromatic N) is 1. The number of likely N-dealkylation sites (N-methyl/N-ethyl adjacent to an activating group) is 1. The minimum atomic E-state index is 0.192. The van der Waals surface area contributed by atoms with Gasteiger partial charge < -0.3 is 5.32 Å². The molecule has 3 heteroatoms. The normalized spacial score (nSPS) is 19.0. The number of likely N-dealkylation sites (tertiary alicyclic amines) is 1. The van der Waals surface area contributed by atoms with Crippen molar-refractivity contribution in [2.24, 2.45) is 0 Å². The van der Waals surface area contributed by atoms with Gasteiger partial charge in [0.2, 0.25) is 0 Å². The minimum absolute atomic E-state index is 0.192. The van der Waals surface area contributed by atoms with E-state index in [4.69, 9.17) is 0 Å². The molecule has 1 aliphatic rings. The maximum absolute atomic E-state index is 3.57. The van der Waals surface area contributed by atoms with Crippen LogP contribution in [0.5, 0.6) is 0 Å². The topological polar surface area (TPSA) is 15.3 Å². The molecular formula is C17H27BrN2. The summed E-state index contributed by atoms with van der Waals surface area (Å²) in [5.41, 5.74) is 1.58. The Balaban J connectivity index is 2.09. The maximum atomic E-state index is 3.57. The van der Waals surface area contributed by atoms with Crippen LogP contribution in [0.25, 0.3) is 0 Å². The van der Waals surface area contributed by atoms with Gasteiger partial charge in [0.25, 0.3) is 0 Å². The molecule has 1 unspecified atom stereocenters. The highest BCUT2D eigenvalue weighted by Gasteiger charge is 2.35. The number of nitrogens with one attached hydrogen (secondary N) is 1. The zero-order valence-electron chi connectivity index (χ0n) is 13.0. The highest BCUT2D eigenvalue weighted by molar-refractivity contribution is 9.10. The van der Waals surface area contributed by atoms with Crippen molar-refractivity contribution in [3.8, 4) is 0 Å². The predicted octanol–water partition coefficient (Wildman–Crippen LogP) is 3.84. The molecule has 1 N–H and O–H groups in total. The Bertz CT molecular complexity index is 425. The molecule has 0 aromatic heterocycles. The summed E-state index contributed by atoms with van der Waals surface area (Å²) < 4.78 is 1.17. The van der Waals surface area contributed by atoms with Crippen LogP contribution < -0.4 is 5.32 Å². The Morgan fingerprint density at radius 1 is 1.25 bits per heavy atom. The van der Waals surface area contributed by atoms with Gasteiger partial charge in [0.15, 0.2) is 0 Å². The summed E-state index contributed by atoms with van der Waals surface area (Å²) in [7, 11) is 2.09. The summed E-state index contributed by atoms with van der Waals surface area (Å²) in [6, 6.07) is 9.14. The fraction of sp³-hybridized carbons (Fsp3) is 0.647. The number of hydrogen-bond acceptors (Lipinski definition) is 2. The van der Waals surface area contributed by atoms with Gasteiger partial charge in [-0.2, -0.15) is 0 Å². The highest BCUT2D eigenvalue weighted by atomic mass is 79.9. The summed E-state index contributed by atoms with van der Waals surface area (Å²) in [6.45, 7) is 7.25. The monoisotopic (exact) mass is 338 g/mol. The first kappa shape index (κ1) is 16.0. The Kier molecular flexibility index (Phi) is 5.65. The second-order valence-electron chi connectivity index (χ2n) is 6.38. The van der Waals surface area contributed by atoms with Crippen LogP contribution >= 0.6 is 15.9 Å². The molecule has 2 nitrogen and oxygen atoms in total. The molecule has 0 amide bonds. The number of halogens is 1. The van der Waals surface area contributed by atoms with Crippen molar-refractivity contribution in [1.82, 2.24) is 10.2 Å². The molecule has 0 bridgehead atoms. The third-order valence-corrected chi connectivity index (χ3v) is 5.19. The van der Waals surface area contributed by atoms with Crippen LogP contribution in [0.15, 0.2) is 28.7 Å². The van der Waals surface area contributed by atoms with Gasteiger partial charge in [0, 0.05) is 16.1 Å². The molecule has 1 heterocycles. The molecule has 0 radical (unpaired) electrons.